The standard InChI is InChI=1S/C29H36N6O2S/c1-20-19-25(21(2)34(20)14-6-13-33-15-17-37-18-16-33)28-27(26-7-4-5-12-30-26)32-29(38)35(28)24-10-8-23(9-11-24)31-22(3)36/h4-5,7-12,19,27-28H,6,13-18H2,1-3H3,(H,31,36)(H,32,38)/t27-,28-/m1/s1. The van der Waals surface area contributed by atoms with Crippen molar-refractivity contribution in [2.24, 2.45) is 0 Å². The van der Waals surface area contributed by atoms with Gasteiger partial charge >= 0.3 is 0 Å². The number of rotatable bonds is 8. The number of nitrogens with zero attached hydrogens (tertiary/aromatic N) is 4. The Bertz CT molecular complexity index is 1270. The van der Waals surface area contributed by atoms with Crippen LogP contribution in [0, 0.1) is 13.8 Å². The van der Waals surface area contributed by atoms with Crippen molar-refractivity contribution in [2.45, 2.75) is 45.8 Å². The highest BCUT2D eigenvalue weighted by Gasteiger charge is 2.42. The lowest BCUT2D eigenvalue weighted by Gasteiger charge is -2.28. The van der Waals surface area contributed by atoms with Crippen LogP contribution in [0.25, 0.3) is 0 Å². The zero-order valence-electron chi connectivity index (χ0n) is 22.3. The summed E-state index contributed by atoms with van der Waals surface area (Å²) in [5.41, 5.74) is 6.42. The van der Waals surface area contributed by atoms with Crippen molar-refractivity contribution in [3.8, 4) is 0 Å². The lowest BCUT2D eigenvalue weighted by molar-refractivity contribution is -0.114. The minimum Gasteiger partial charge on any atom is -0.379 e. The van der Waals surface area contributed by atoms with Crippen LogP contribution in [0.5, 0.6) is 0 Å². The largest absolute Gasteiger partial charge is 0.379 e. The fourth-order valence-electron chi connectivity index (χ4n) is 5.61. The summed E-state index contributed by atoms with van der Waals surface area (Å²) in [7, 11) is 0. The van der Waals surface area contributed by atoms with Gasteiger partial charge in [0.05, 0.1) is 31.0 Å². The molecule has 5 rings (SSSR count). The summed E-state index contributed by atoms with van der Waals surface area (Å²) >= 11 is 5.90. The van der Waals surface area contributed by atoms with E-state index in [-0.39, 0.29) is 18.0 Å². The van der Waals surface area contributed by atoms with Gasteiger partial charge in [-0.1, -0.05) is 6.07 Å². The van der Waals surface area contributed by atoms with Gasteiger partial charge in [-0.05, 0) is 80.5 Å². The van der Waals surface area contributed by atoms with Crippen LogP contribution in [0.3, 0.4) is 0 Å². The number of carbonyl (C=O) groups excluding carboxylic acids is 1. The fourth-order valence-corrected chi connectivity index (χ4v) is 5.95. The number of ether oxygens (including phenoxy) is 1. The second-order valence-corrected chi connectivity index (χ2v) is 10.4. The molecule has 0 saturated carbocycles. The topological polar surface area (TPSA) is 74.7 Å². The van der Waals surface area contributed by atoms with E-state index in [9.17, 15) is 4.79 Å². The predicted molar refractivity (Wildman–Crippen MR) is 154 cm³/mol. The van der Waals surface area contributed by atoms with Crippen molar-refractivity contribution in [2.75, 3.05) is 43.1 Å². The van der Waals surface area contributed by atoms with E-state index < -0.39 is 0 Å². The molecule has 38 heavy (non-hydrogen) atoms. The first-order valence-electron chi connectivity index (χ1n) is 13.3. The average molecular weight is 533 g/mol. The third-order valence-corrected chi connectivity index (χ3v) is 7.77. The number of hydrogen-bond acceptors (Lipinski definition) is 5. The molecule has 4 heterocycles. The Morgan fingerprint density at radius 3 is 2.58 bits per heavy atom. The van der Waals surface area contributed by atoms with Gasteiger partial charge in [-0.3, -0.25) is 14.7 Å². The second-order valence-electron chi connectivity index (χ2n) is 10.0. The number of thiocarbonyl (C=S) groups is 1. The normalized spacial score (nSPS) is 20.0. The van der Waals surface area contributed by atoms with Crippen molar-refractivity contribution in [3.05, 3.63) is 77.4 Å². The number of pyridine rings is 1. The van der Waals surface area contributed by atoms with E-state index in [1.165, 1.54) is 23.9 Å². The number of hydrogen-bond donors (Lipinski definition) is 2. The van der Waals surface area contributed by atoms with E-state index in [1.807, 2.05) is 42.6 Å². The molecule has 1 amide bonds. The van der Waals surface area contributed by atoms with Crippen LogP contribution in [0.4, 0.5) is 11.4 Å². The summed E-state index contributed by atoms with van der Waals surface area (Å²) < 4.78 is 7.93. The summed E-state index contributed by atoms with van der Waals surface area (Å²) in [6.45, 7) is 11.7. The van der Waals surface area contributed by atoms with Gasteiger partial charge in [-0.2, -0.15) is 0 Å². The Labute approximate surface area is 230 Å². The maximum atomic E-state index is 11.5. The molecule has 2 saturated heterocycles. The molecule has 2 aliphatic heterocycles. The minimum atomic E-state index is -0.0963. The van der Waals surface area contributed by atoms with Crippen molar-refractivity contribution in [3.63, 3.8) is 0 Å². The number of anilines is 2. The van der Waals surface area contributed by atoms with Crippen molar-refractivity contribution < 1.29 is 9.53 Å². The highest BCUT2D eigenvalue weighted by molar-refractivity contribution is 7.80. The third kappa shape index (κ3) is 5.60. The Morgan fingerprint density at radius 2 is 1.89 bits per heavy atom. The number of carbonyl (C=O) groups is 1. The molecule has 2 N–H and O–H groups in total. The molecule has 200 valence electrons. The minimum absolute atomic E-state index is 0.0665. The number of aryl methyl sites for hydroxylation is 1. The van der Waals surface area contributed by atoms with Crippen LogP contribution >= 0.6 is 12.2 Å². The zero-order chi connectivity index (χ0) is 26.6. The van der Waals surface area contributed by atoms with Crippen LogP contribution in [0.2, 0.25) is 0 Å². The van der Waals surface area contributed by atoms with Gasteiger partial charge in [0.15, 0.2) is 5.11 Å². The van der Waals surface area contributed by atoms with Crippen LogP contribution < -0.4 is 15.5 Å². The van der Waals surface area contributed by atoms with E-state index in [0.29, 0.717) is 5.11 Å². The van der Waals surface area contributed by atoms with E-state index >= 15 is 0 Å². The number of amides is 1. The molecule has 2 fully saturated rings. The molecule has 9 heteroatoms. The lowest BCUT2D eigenvalue weighted by atomic mass is 9.96. The van der Waals surface area contributed by atoms with Crippen LogP contribution in [0.1, 0.15) is 48.1 Å². The predicted octanol–water partition coefficient (Wildman–Crippen LogP) is 4.36. The Morgan fingerprint density at radius 1 is 1.13 bits per heavy atom. The molecule has 2 atom stereocenters. The first kappa shape index (κ1) is 26.3. The summed E-state index contributed by atoms with van der Waals surface area (Å²) in [5.74, 6) is -0.0923. The Balaban J connectivity index is 1.45. The van der Waals surface area contributed by atoms with Crippen LogP contribution in [-0.4, -0.2) is 58.3 Å². The summed E-state index contributed by atoms with van der Waals surface area (Å²) in [6, 6.07) is 16.0. The molecule has 0 radical (unpaired) electrons. The Kier molecular flexibility index (Phi) is 8.06. The van der Waals surface area contributed by atoms with E-state index in [0.717, 1.165) is 62.9 Å². The highest BCUT2D eigenvalue weighted by atomic mass is 32.1. The molecule has 8 nitrogen and oxygen atoms in total. The van der Waals surface area contributed by atoms with Gasteiger partial charge < -0.3 is 24.8 Å². The SMILES string of the molecule is CC(=O)Nc1ccc(N2C(=S)N[C@H](c3ccccn3)[C@H]2c2cc(C)n(CCCN3CCOCC3)c2C)cc1. The van der Waals surface area contributed by atoms with E-state index in [4.69, 9.17) is 17.0 Å². The van der Waals surface area contributed by atoms with E-state index in [2.05, 4.69) is 56.0 Å². The number of nitrogens with one attached hydrogen (secondary N) is 2. The monoisotopic (exact) mass is 532 g/mol. The van der Waals surface area contributed by atoms with Gasteiger partial charge in [-0.25, -0.2) is 0 Å². The van der Waals surface area contributed by atoms with Crippen LogP contribution in [0.15, 0.2) is 54.7 Å². The van der Waals surface area contributed by atoms with Crippen LogP contribution in [-0.2, 0) is 16.1 Å². The zero-order valence-corrected chi connectivity index (χ0v) is 23.1. The lowest BCUT2D eigenvalue weighted by Crippen LogP contribution is -2.37. The third-order valence-electron chi connectivity index (χ3n) is 7.46. The molecule has 0 unspecified atom stereocenters. The molecule has 2 aromatic heterocycles. The fraction of sp³-hybridized carbons (Fsp3) is 0.414. The molecule has 0 aliphatic carbocycles. The Hall–Kier alpha value is -3.27. The number of morpholine rings is 1. The van der Waals surface area contributed by atoms with Crippen molar-refractivity contribution in [1.29, 1.82) is 0 Å². The molecule has 0 bridgehead atoms. The van der Waals surface area contributed by atoms with E-state index in [1.54, 1.807) is 0 Å². The molecule has 3 aromatic rings. The number of benzene rings is 1. The quantitative estimate of drug-likeness (QED) is 0.418. The summed E-state index contributed by atoms with van der Waals surface area (Å²) in [6.07, 6.45) is 2.92. The van der Waals surface area contributed by atoms with Crippen molar-refractivity contribution in [1.82, 2.24) is 19.8 Å². The number of aromatic nitrogens is 2. The highest BCUT2D eigenvalue weighted by Crippen LogP contribution is 2.43. The van der Waals surface area contributed by atoms with Gasteiger partial charge in [0, 0.05) is 62.1 Å². The molecule has 1 aromatic carbocycles. The average Bonchev–Trinajstić information content (AvgIpc) is 3.40. The maximum Gasteiger partial charge on any atom is 0.221 e. The first-order chi connectivity index (χ1) is 18.4. The van der Waals surface area contributed by atoms with Gasteiger partial charge in [0.2, 0.25) is 5.91 Å². The molecule has 2 aliphatic rings. The molecule has 0 spiro atoms. The second kappa shape index (κ2) is 11.6. The first-order valence-corrected chi connectivity index (χ1v) is 13.7. The van der Waals surface area contributed by atoms with Crippen molar-refractivity contribution >= 4 is 34.6 Å². The van der Waals surface area contributed by atoms with Gasteiger partial charge in [0.25, 0.3) is 0 Å². The van der Waals surface area contributed by atoms with Gasteiger partial charge in [-0.15, -0.1) is 0 Å². The van der Waals surface area contributed by atoms with Gasteiger partial charge in [0.1, 0.15) is 0 Å². The smallest absolute Gasteiger partial charge is 0.221 e. The summed E-state index contributed by atoms with van der Waals surface area (Å²) in [5, 5.41) is 7.06. The molecular formula is C29H36N6O2S. The molecular weight excluding hydrogens is 496 g/mol. The maximum absolute atomic E-state index is 11.5. The summed E-state index contributed by atoms with van der Waals surface area (Å²) in [4.78, 5) is 20.9.